The van der Waals surface area contributed by atoms with E-state index in [1.54, 1.807) is 6.92 Å². The third-order valence-corrected chi connectivity index (χ3v) is 3.42. The lowest BCUT2D eigenvalue weighted by Crippen LogP contribution is -2.25. The zero-order chi connectivity index (χ0) is 15.6. The first-order chi connectivity index (χ1) is 10.1. The average molecular weight is 286 g/mol. The van der Waals surface area contributed by atoms with Crippen molar-refractivity contribution in [2.45, 2.75) is 51.6 Å². The van der Waals surface area contributed by atoms with Crippen LogP contribution in [0.25, 0.3) is 0 Å². The van der Waals surface area contributed by atoms with Gasteiger partial charge in [-0.2, -0.15) is 0 Å². The molecule has 1 aromatic carbocycles. The van der Waals surface area contributed by atoms with E-state index in [-0.39, 0.29) is 5.78 Å². The predicted octanol–water partition coefficient (Wildman–Crippen LogP) is 4.24. The van der Waals surface area contributed by atoms with E-state index in [1.807, 2.05) is 54.6 Å². The monoisotopic (exact) mass is 286 g/mol. The van der Waals surface area contributed by atoms with Crippen LogP contribution in [0.3, 0.4) is 0 Å². The van der Waals surface area contributed by atoms with E-state index in [0.29, 0.717) is 6.42 Å². The largest absolute Gasteiger partial charge is 0.385 e. The van der Waals surface area contributed by atoms with Crippen molar-refractivity contribution in [1.82, 2.24) is 0 Å². The lowest BCUT2D eigenvalue weighted by molar-refractivity contribution is -0.116. The molecule has 0 amide bonds. The van der Waals surface area contributed by atoms with Crippen molar-refractivity contribution in [3.8, 4) is 0 Å². The molecule has 2 heteroatoms. The molecular formula is C19H26O2. The van der Waals surface area contributed by atoms with Gasteiger partial charge in [0.1, 0.15) is 5.78 Å². The molecule has 0 aliphatic heterocycles. The second-order valence-corrected chi connectivity index (χ2v) is 5.53. The van der Waals surface area contributed by atoms with Crippen LogP contribution in [0.15, 0.2) is 54.6 Å². The van der Waals surface area contributed by atoms with Crippen LogP contribution >= 0.6 is 0 Å². The van der Waals surface area contributed by atoms with Gasteiger partial charge in [0.25, 0.3) is 0 Å². The zero-order valence-electron chi connectivity index (χ0n) is 13.1. The number of allylic oxidation sites excluding steroid dienone is 2. The third kappa shape index (κ3) is 7.62. The minimum Gasteiger partial charge on any atom is -0.385 e. The smallest absolute Gasteiger partial charge is 0.130 e. The maximum Gasteiger partial charge on any atom is 0.130 e. The molecule has 0 heterocycles. The molecule has 2 nitrogen and oxygen atoms in total. The molecule has 0 spiro atoms. The van der Waals surface area contributed by atoms with E-state index in [1.165, 1.54) is 5.56 Å². The van der Waals surface area contributed by atoms with E-state index >= 15 is 0 Å². The van der Waals surface area contributed by atoms with Gasteiger partial charge in [0.15, 0.2) is 0 Å². The SMILES string of the molecule is CC(=O)CCc1ccccc1.CCCC1(O)C=CC=CC1. The fourth-order valence-electron chi connectivity index (χ4n) is 2.24. The quantitative estimate of drug-likeness (QED) is 0.879. The number of hydrogen-bond donors (Lipinski definition) is 1. The summed E-state index contributed by atoms with van der Waals surface area (Å²) in [6.45, 7) is 3.72. The first-order valence-electron chi connectivity index (χ1n) is 7.66. The number of benzene rings is 1. The minimum absolute atomic E-state index is 0.258. The van der Waals surface area contributed by atoms with Gasteiger partial charge in [-0.3, -0.25) is 0 Å². The Hall–Kier alpha value is -1.67. The van der Waals surface area contributed by atoms with E-state index in [0.717, 1.165) is 25.7 Å². The number of hydrogen-bond acceptors (Lipinski definition) is 2. The van der Waals surface area contributed by atoms with Gasteiger partial charge in [0.2, 0.25) is 0 Å². The first-order valence-corrected chi connectivity index (χ1v) is 7.66. The minimum atomic E-state index is -0.538. The van der Waals surface area contributed by atoms with Gasteiger partial charge in [-0.25, -0.2) is 0 Å². The molecule has 0 radical (unpaired) electrons. The Bertz CT molecular complexity index is 474. The molecule has 1 N–H and O–H groups in total. The Labute approximate surface area is 128 Å². The van der Waals surface area contributed by atoms with Crippen LogP contribution in [-0.2, 0) is 11.2 Å². The van der Waals surface area contributed by atoms with Gasteiger partial charge in [0.05, 0.1) is 5.60 Å². The maximum absolute atomic E-state index is 10.6. The molecule has 2 rings (SSSR count). The Balaban J connectivity index is 0.000000211. The summed E-state index contributed by atoms with van der Waals surface area (Å²) < 4.78 is 0. The van der Waals surface area contributed by atoms with Gasteiger partial charge < -0.3 is 9.90 Å². The van der Waals surface area contributed by atoms with Gasteiger partial charge in [-0.15, -0.1) is 0 Å². The van der Waals surface area contributed by atoms with Crippen LogP contribution in [-0.4, -0.2) is 16.5 Å². The lowest BCUT2D eigenvalue weighted by Gasteiger charge is -2.23. The normalized spacial score (nSPS) is 19.8. The molecule has 0 aromatic heterocycles. The predicted molar refractivity (Wildman–Crippen MR) is 88.2 cm³/mol. The van der Waals surface area contributed by atoms with Crippen LogP contribution in [0.2, 0.25) is 0 Å². The molecule has 1 aliphatic carbocycles. The molecule has 21 heavy (non-hydrogen) atoms. The number of carbonyl (C=O) groups excluding carboxylic acids is 1. The summed E-state index contributed by atoms with van der Waals surface area (Å²) in [4.78, 5) is 10.6. The maximum atomic E-state index is 10.6. The number of aryl methyl sites for hydroxylation is 1. The van der Waals surface area contributed by atoms with Crippen molar-refractivity contribution in [2.24, 2.45) is 0 Å². The fourth-order valence-corrected chi connectivity index (χ4v) is 2.24. The summed E-state index contributed by atoms with van der Waals surface area (Å²) in [7, 11) is 0. The van der Waals surface area contributed by atoms with E-state index in [9.17, 15) is 9.90 Å². The van der Waals surface area contributed by atoms with E-state index in [2.05, 4.69) is 6.92 Å². The average Bonchev–Trinajstić information content (AvgIpc) is 2.48. The van der Waals surface area contributed by atoms with Crippen LogP contribution < -0.4 is 0 Å². The number of ketones is 1. The highest BCUT2D eigenvalue weighted by Crippen LogP contribution is 2.22. The molecule has 0 saturated carbocycles. The van der Waals surface area contributed by atoms with Crippen molar-refractivity contribution in [1.29, 1.82) is 0 Å². The molecule has 0 saturated heterocycles. The van der Waals surface area contributed by atoms with Crippen LogP contribution in [0, 0.1) is 0 Å². The molecular weight excluding hydrogens is 260 g/mol. The van der Waals surface area contributed by atoms with Crippen LogP contribution in [0.5, 0.6) is 0 Å². The van der Waals surface area contributed by atoms with Crippen LogP contribution in [0.4, 0.5) is 0 Å². The second-order valence-electron chi connectivity index (χ2n) is 5.53. The summed E-state index contributed by atoms with van der Waals surface area (Å²) in [6, 6.07) is 10.1. The molecule has 1 aromatic rings. The summed E-state index contributed by atoms with van der Waals surface area (Å²) >= 11 is 0. The Kier molecular flexibility index (Phi) is 7.70. The molecule has 0 fully saturated rings. The molecule has 1 atom stereocenters. The highest BCUT2D eigenvalue weighted by atomic mass is 16.3. The summed E-state index contributed by atoms with van der Waals surface area (Å²) in [5.41, 5.74) is 0.700. The molecule has 1 unspecified atom stereocenters. The van der Waals surface area contributed by atoms with Crippen LogP contribution in [0.1, 0.15) is 45.1 Å². The zero-order valence-corrected chi connectivity index (χ0v) is 13.1. The van der Waals surface area contributed by atoms with E-state index in [4.69, 9.17) is 0 Å². The van der Waals surface area contributed by atoms with Gasteiger partial charge >= 0.3 is 0 Å². The third-order valence-electron chi connectivity index (χ3n) is 3.42. The van der Waals surface area contributed by atoms with Gasteiger partial charge in [0, 0.05) is 6.42 Å². The molecule has 114 valence electrons. The van der Waals surface area contributed by atoms with Crippen molar-refractivity contribution < 1.29 is 9.90 Å². The van der Waals surface area contributed by atoms with E-state index < -0.39 is 5.60 Å². The standard InChI is InChI=1S/C10H12O.C9H14O/c1-9(11)7-8-10-5-3-2-4-6-10;1-2-6-9(10)7-4-3-5-8-9/h2-6H,7-8H2,1H3;3-5,7,10H,2,6,8H2,1H3. The van der Waals surface area contributed by atoms with Crippen molar-refractivity contribution >= 4 is 5.78 Å². The lowest BCUT2D eigenvalue weighted by atomic mass is 9.91. The summed E-state index contributed by atoms with van der Waals surface area (Å²) in [6.07, 6.45) is 12.0. The van der Waals surface area contributed by atoms with Gasteiger partial charge in [-0.1, -0.05) is 68.0 Å². The fraction of sp³-hybridized carbons (Fsp3) is 0.421. The Morgan fingerprint density at radius 3 is 2.48 bits per heavy atom. The second kappa shape index (κ2) is 9.30. The number of Topliss-reactive ketones (excluding diaryl/α,β-unsaturated/α-hetero) is 1. The van der Waals surface area contributed by atoms with Crippen molar-refractivity contribution in [3.63, 3.8) is 0 Å². The summed E-state index contributed by atoms with van der Waals surface area (Å²) in [5, 5.41) is 9.73. The number of aliphatic hydroxyl groups is 1. The van der Waals surface area contributed by atoms with Gasteiger partial charge in [-0.05, 0) is 31.7 Å². The topological polar surface area (TPSA) is 37.3 Å². The Morgan fingerprint density at radius 1 is 1.24 bits per heavy atom. The first kappa shape index (κ1) is 17.4. The summed E-state index contributed by atoms with van der Waals surface area (Å²) in [5.74, 6) is 0.258. The van der Waals surface area contributed by atoms with Crippen molar-refractivity contribution in [2.75, 3.05) is 0 Å². The number of carbonyl (C=O) groups is 1. The number of rotatable bonds is 5. The Morgan fingerprint density at radius 2 is 1.95 bits per heavy atom. The highest BCUT2D eigenvalue weighted by Gasteiger charge is 2.21. The molecule has 0 bridgehead atoms. The molecule has 1 aliphatic rings. The highest BCUT2D eigenvalue weighted by molar-refractivity contribution is 5.75. The van der Waals surface area contributed by atoms with Crippen molar-refractivity contribution in [3.05, 3.63) is 60.2 Å².